The molecule has 0 aliphatic carbocycles. The van der Waals surface area contributed by atoms with Crippen LogP contribution in [-0.2, 0) is 9.53 Å². The van der Waals surface area contributed by atoms with Crippen molar-refractivity contribution >= 4 is 5.97 Å². The number of nitrogens with zero attached hydrogens (tertiary/aromatic N) is 1. The van der Waals surface area contributed by atoms with Gasteiger partial charge in [0.1, 0.15) is 5.54 Å². The number of hydrogen-bond donors (Lipinski definition) is 2. The Kier molecular flexibility index (Phi) is 8.15. The molecular weight excluding hydrogens is 232 g/mol. The van der Waals surface area contributed by atoms with Crippen LogP contribution >= 0.6 is 0 Å². The van der Waals surface area contributed by atoms with Crippen LogP contribution in [0.15, 0.2) is 0 Å². The lowest BCUT2D eigenvalue weighted by Gasteiger charge is -2.31. The van der Waals surface area contributed by atoms with Crippen molar-refractivity contribution in [2.24, 2.45) is 0 Å². The Bertz CT molecular complexity index is 246. The number of methoxy groups -OCH3 is 1. The van der Waals surface area contributed by atoms with E-state index >= 15 is 0 Å². The molecule has 108 valence electrons. The molecule has 0 aromatic rings. The normalized spacial score (nSPS) is 15.1. The zero-order valence-corrected chi connectivity index (χ0v) is 12.3. The van der Waals surface area contributed by atoms with Gasteiger partial charge in [-0.3, -0.25) is 10.1 Å². The Morgan fingerprint density at radius 1 is 1.44 bits per heavy atom. The molecule has 18 heavy (non-hydrogen) atoms. The maximum absolute atomic E-state index is 11.4. The molecule has 0 bridgehead atoms. The third-order valence-corrected chi connectivity index (χ3v) is 3.07. The fraction of sp³-hybridized carbons (Fsp3) is 0.923. The number of carbonyl (C=O) groups is 1. The molecule has 0 heterocycles. The highest BCUT2D eigenvalue weighted by atomic mass is 16.5. The molecule has 5 heteroatoms. The molecule has 0 spiro atoms. The monoisotopic (exact) mass is 260 g/mol. The Labute approximate surface area is 110 Å². The molecule has 0 aliphatic heterocycles. The lowest BCUT2D eigenvalue weighted by atomic mass is 9.96. The molecule has 0 aliphatic rings. The number of likely N-dealkylation sites (N-methyl/N-ethyl adjacent to an activating group) is 1. The molecule has 0 aromatic heterocycles. The smallest absolute Gasteiger partial charge is 0.323 e. The standard InChI is InChI=1S/C13H28N2O3/c1-6-15(9-10-18-5)8-7-13(4,12(16)17)14-11(2)3/h11,14H,6-10H2,1-5H3,(H,16,17). The van der Waals surface area contributed by atoms with Crippen LogP contribution in [0.1, 0.15) is 34.1 Å². The first-order chi connectivity index (χ1) is 8.35. The molecule has 0 amide bonds. The number of hydrogen-bond acceptors (Lipinski definition) is 4. The van der Waals surface area contributed by atoms with Gasteiger partial charge in [0.15, 0.2) is 0 Å². The summed E-state index contributed by atoms with van der Waals surface area (Å²) in [6.07, 6.45) is 0.581. The minimum Gasteiger partial charge on any atom is -0.480 e. The van der Waals surface area contributed by atoms with Gasteiger partial charge in [0, 0.05) is 26.2 Å². The zero-order chi connectivity index (χ0) is 14.2. The highest BCUT2D eigenvalue weighted by Gasteiger charge is 2.33. The molecule has 0 radical (unpaired) electrons. The van der Waals surface area contributed by atoms with Crippen LogP contribution in [0.5, 0.6) is 0 Å². The predicted molar refractivity (Wildman–Crippen MR) is 72.9 cm³/mol. The van der Waals surface area contributed by atoms with E-state index in [-0.39, 0.29) is 6.04 Å². The van der Waals surface area contributed by atoms with E-state index in [9.17, 15) is 9.90 Å². The van der Waals surface area contributed by atoms with Crippen LogP contribution < -0.4 is 5.32 Å². The van der Waals surface area contributed by atoms with Gasteiger partial charge in [0.2, 0.25) is 0 Å². The Hall–Kier alpha value is -0.650. The van der Waals surface area contributed by atoms with E-state index in [4.69, 9.17) is 4.74 Å². The summed E-state index contributed by atoms with van der Waals surface area (Å²) in [7, 11) is 1.68. The lowest BCUT2D eigenvalue weighted by Crippen LogP contribution is -2.54. The first-order valence-electron chi connectivity index (χ1n) is 6.58. The van der Waals surface area contributed by atoms with Gasteiger partial charge in [-0.15, -0.1) is 0 Å². The lowest BCUT2D eigenvalue weighted by molar-refractivity contribution is -0.145. The van der Waals surface area contributed by atoms with Crippen molar-refractivity contribution in [3.8, 4) is 0 Å². The number of carboxylic acid groups (broad SMARTS) is 1. The van der Waals surface area contributed by atoms with Gasteiger partial charge in [-0.05, 0) is 33.7 Å². The molecule has 1 unspecified atom stereocenters. The van der Waals surface area contributed by atoms with E-state index in [0.717, 1.165) is 19.6 Å². The van der Waals surface area contributed by atoms with Crippen molar-refractivity contribution in [1.29, 1.82) is 0 Å². The number of rotatable bonds is 10. The van der Waals surface area contributed by atoms with Gasteiger partial charge in [-0.2, -0.15) is 0 Å². The van der Waals surface area contributed by atoms with Gasteiger partial charge in [0.25, 0.3) is 0 Å². The first kappa shape index (κ1) is 17.4. The average molecular weight is 260 g/mol. The summed E-state index contributed by atoms with van der Waals surface area (Å²) in [6, 6.07) is 0.153. The van der Waals surface area contributed by atoms with Crippen molar-refractivity contribution in [3.05, 3.63) is 0 Å². The van der Waals surface area contributed by atoms with Crippen molar-refractivity contribution in [1.82, 2.24) is 10.2 Å². The number of ether oxygens (including phenoxy) is 1. The Morgan fingerprint density at radius 3 is 2.44 bits per heavy atom. The minimum absolute atomic E-state index is 0.153. The minimum atomic E-state index is -0.866. The van der Waals surface area contributed by atoms with Crippen LogP contribution in [0.3, 0.4) is 0 Å². The summed E-state index contributed by atoms with van der Waals surface area (Å²) in [5.74, 6) is -0.793. The van der Waals surface area contributed by atoms with Crippen LogP contribution in [-0.4, -0.2) is 60.9 Å². The van der Waals surface area contributed by atoms with E-state index < -0.39 is 11.5 Å². The highest BCUT2D eigenvalue weighted by molar-refractivity contribution is 5.78. The quantitative estimate of drug-likeness (QED) is 0.618. The molecule has 0 rings (SSSR count). The Balaban J connectivity index is 4.36. The fourth-order valence-electron chi connectivity index (χ4n) is 1.91. The molecule has 0 saturated carbocycles. The van der Waals surface area contributed by atoms with Crippen LogP contribution in [0.4, 0.5) is 0 Å². The van der Waals surface area contributed by atoms with Gasteiger partial charge in [0.05, 0.1) is 6.61 Å². The van der Waals surface area contributed by atoms with E-state index in [2.05, 4.69) is 17.1 Å². The van der Waals surface area contributed by atoms with Crippen LogP contribution in [0.2, 0.25) is 0 Å². The van der Waals surface area contributed by atoms with Crippen molar-refractivity contribution in [3.63, 3.8) is 0 Å². The predicted octanol–water partition coefficient (Wildman–Crippen LogP) is 1.19. The van der Waals surface area contributed by atoms with Gasteiger partial charge in [-0.1, -0.05) is 6.92 Å². The summed E-state index contributed by atoms with van der Waals surface area (Å²) < 4.78 is 5.04. The molecule has 5 nitrogen and oxygen atoms in total. The second-order valence-electron chi connectivity index (χ2n) is 5.11. The number of aliphatic carboxylic acids is 1. The maximum atomic E-state index is 11.4. The molecule has 0 fully saturated rings. The van der Waals surface area contributed by atoms with Gasteiger partial charge in [-0.25, -0.2) is 0 Å². The first-order valence-corrected chi connectivity index (χ1v) is 6.58. The van der Waals surface area contributed by atoms with Gasteiger partial charge < -0.3 is 14.7 Å². The van der Waals surface area contributed by atoms with E-state index in [0.29, 0.717) is 13.0 Å². The number of nitrogens with one attached hydrogen (secondary N) is 1. The van der Waals surface area contributed by atoms with Crippen LogP contribution in [0.25, 0.3) is 0 Å². The zero-order valence-electron chi connectivity index (χ0n) is 12.3. The summed E-state index contributed by atoms with van der Waals surface area (Å²) in [6.45, 7) is 10.9. The summed E-state index contributed by atoms with van der Waals surface area (Å²) in [5.41, 5.74) is -0.866. The van der Waals surface area contributed by atoms with Crippen LogP contribution in [0, 0.1) is 0 Å². The summed E-state index contributed by atoms with van der Waals surface area (Å²) in [4.78, 5) is 13.6. The molecule has 0 saturated heterocycles. The van der Waals surface area contributed by atoms with Crippen molar-refractivity contribution in [2.75, 3.05) is 33.4 Å². The largest absolute Gasteiger partial charge is 0.480 e. The number of carboxylic acids is 1. The average Bonchev–Trinajstić information content (AvgIpc) is 2.28. The fourth-order valence-corrected chi connectivity index (χ4v) is 1.91. The molecular formula is C13H28N2O3. The summed E-state index contributed by atoms with van der Waals surface area (Å²) in [5, 5.41) is 12.5. The second kappa shape index (κ2) is 8.45. The molecule has 1 atom stereocenters. The maximum Gasteiger partial charge on any atom is 0.323 e. The van der Waals surface area contributed by atoms with E-state index in [1.807, 2.05) is 13.8 Å². The van der Waals surface area contributed by atoms with Crippen molar-refractivity contribution in [2.45, 2.75) is 45.7 Å². The molecule has 2 N–H and O–H groups in total. The third-order valence-electron chi connectivity index (χ3n) is 3.07. The van der Waals surface area contributed by atoms with E-state index in [1.165, 1.54) is 0 Å². The molecule has 0 aromatic carbocycles. The third kappa shape index (κ3) is 6.33. The SMILES string of the molecule is CCN(CCOC)CCC(C)(NC(C)C)C(=O)O. The topological polar surface area (TPSA) is 61.8 Å². The summed E-state index contributed by atoms with van der Waals surface area (Å²) >= 11 is 0. The highest BCUT2D eigenvalue weighted by Crippen LogP contribution is 2.12. The van der Waals surface area contributed by atoms with Gasteiger partial charge >= 0.3 is 5.97 Å². The Morgan fingerprint density at radius 2 is 2.06 bits per heavy atom. The second-order valence-corrected chi connectivity index (χ2v) is 5.11. The van der Waals surface area contributed by atoms with E-state index in [1.54, 1.807) is 14.0 Å². The van der Waals surface area contributed by atoms with Crippen molar-refractivity contribution < 1.29 is 14.6 Å².